The standard InChI is InChI=1S/C15H18BrClN2/c1-2-5-15(6-7-15)10-19-13-4-3-11(16)8-12(13)18-14(19)9-17/h3-4,8H,2,5-7,9-10H2,1H3. The van der Waals surface area contributed by atoms with Gasteiger partial charge in [-0.1, -0.05) is 29.3 Å². The van der Waals surface area contributed by atoms with Crippen molar-refractivity contribution in [2.75, 3.05) is 0 Å². The summed E-state index contributed by atoms with van der Waals surface area (Å²) in [6.45, 7) is 3.34. The molecule has 4 heteroatoms. The number of benzene rings is 1. The molecule has 0 N–H and O–H groups in total. The van der Waals surface area contributed by atoms with E-state index in [1.807, 2.05) is 0 Å². The molecule has 2 aromatic rings. The minimum absolute atomic E-state index is 0.481. The van der Waals surface area contributed by atoms with Crippen LogP contribution in [0.4, 0.5) is 0 Å². The molecular formula is C15H18BrClN2. The van der Waals surface area contributed by atoms with Crippen molar-refractivity contribution in [2.24, 2.45) is 5.41 Å². The van der Waals surface area contributed by atoms with Crippen LogP contribution >= 0.6 is 27.5 Å². The Kier molecular flexibility index (Phi) is 3.61. The van der Waals surface area contributed by atoms with E-state index in [9.17, 15) is 0 Å². The van der Waals surface area contributed by atoms with E-state index in [0.717, 1.165) is 22.4 Å². The van der Waals surface area contributed by atoms with Crippen molar-refractivity contribution >= 4 is 38.6 Å². The molecule has 0 atom stereocenters. The van der Waals surface area contributed by atoms with Gasteiger partial charge < -0.3 is 4.57 Å². The van der Waals surface area contributed by atoms with Crippen LogP contribution in [0.15, 0.2) is 22.7 Å². The number of imidazole rings is 1. The van der Waals surface area contributed by atoms with E-state index in [1.165, 1.54) is 31.2 Å². The van der Waals surface area contributed by atoms with E-state index in [1.54, 1.807) is 0 Å². The predicted octanol–water partition coefficient (Wildman–Crippen LogP) is 5.12. The molecule has 3 rings (SSSR count). The lowest BCUT2D eigenvalue weighted by atomic mass is 10.0. The van der Waals surface area contributed by atoms with Gasteiger partial charge in [-0.3, -0.25) is 0 Å². The van der Waals surface area contributed by atoms with Gasteiger partial charge >= 0.3 is 0 Å². The molecule has 0 bridgehead atoms. The van der Waals surface area contributed by atoms with Crippen LogP contribution in [0.2, 0.25) is 0 Å². The second-order valence-corrected chi connectivity index (χ2v) is 6.81. The molecule has 1 heterocycles. The molecule has 1 fully saturated rings. The number of hydrogen-bond acceptors (Lipinski definition) is 1. The van der Waals surface area contributed by atoms with Gasteiger partial charge in [0.15, 0.2) is 0 Å². The van der Waals surface area contributed by atoms with Crippen molar-refractivity contribution in [3.05, 3.63) is 28.5 Å². The van der Waals surface area contributed by atoms with Gasteiger partial charge in [-0.05, 0) is 42.9 Å². The van der Waals surface area contributed by atoms with Gasteiger partial charge in [0, 0.05) is 11.0 Å². The molecule has 0 amide bonds. The van der Waals surface area contributed by atoms with Gasteiger partial charge in [-0.15, -0.1) is 11.6 Å². The van der Waals surface area contributed by atoms with Crippen LogP contribution in [-0.4, -0.2) is 9.55 Å². The van der Waals surface area contributed by atoms with Crippen molar-refractivity contribution in [3.8, 4) is 0 Å². The Balaban J connectivity index is 2.01. The molecule has 102 valence electrons. The topological polar surface area (TPSA) is 17.8 Å². The van der Waals surface area contributed by atoms with E-state index in [4.69, 9.17) is 11.6 Å². The van der Waals surface area contributed by atoms with Crippen molar-refractivity contribution in [3.63, 3.8) is 0 Å². The maximum Gasteiger partial charge on any atom is 0.124 e. The predicted molar refractivity (Wildman–Crippen MR) is 83.6 cm³/mol. The maximum atomic E-state index is 6.07. The van der Waals surface area contributed by atoms with Gasteiger partial charge in [0.25, 0.3) is 0 Å². The number of aromatic nitrogens is 2. The molecular weight excluding hydrogens is 324 g/mol. The highest BCUT2D eigenvalue weighted by Crippen LogP contribution is 2.51. The molecule has 0 aliphatic heterocycles. The Hall–Kier alpha value is -0.540. The van der Waals surface area contributed by atoms with E-state index in [-0.39, 0.29) is 0 Å². The van der Waals surface area contributed by atoms with Crippen LogP contribution in [0.3, 0.4) is 0 Å². The Morgan fingerprint density at radius 2 is 2.21 bits per heavy atom. The number of nitrogens with zero attached hydrogens (tertiary/aromatic N) is 2. The number of alkyl halides is 1. The third-order valence-electron chi connectivity index (χ3n) is 4.14. The fourth-order valence-corrected chi connectivity index (χ4v) is 3.51. The normalized spacial score (nSPS) is 17.0. The Bertz CT molecular complexity index is 601. The minimum atomic E-state index is 0.481. The lowest BCUT2D eigenvalue weighted by molar-refractivity contribution is 0.389. The highest BCUT2D eigenvalue weighted by Gasteiger charge is 2.42. The van der Waals surface area contributed by atoms with Gasteiger partial charge in [0.1, 0.15) is 5.82 Å². The summed E-state index contributed by atoms with van der Waals surface area (Å²) in [5.41, 5.74) is 2.76. The third-order valence-corrected chi connectivity index (χ3v) is 4.87. The van der Waals surface area contributed by atoms with Crippen LogP contribution in [0.25, 0.3) is 11.0 Å². The molecule has 19 heavy (non-hydrogen) atoms. The zero-order valence-electron chi connectivity index (χ0n) is 11.1. The van der Waals surface area contributed by atoms with Crippen molar-refractivity contribution in [1.82, 2.24) is 9.55 Å². The second-order valence-electron chi connectivity index (χ2n) is 5.63. The van der Waals surface area contributed by atoms with E-state index < -0.39 is 0 Å². The molecule has 1 aliphatic rings. The fourth-order valence-electron chi connectivity index (χ4n) is 2.96. The van der Waals surface area contributed by atoms with Gasteiger partial charge in [0.2, 0.25) is 0 Å². The lowest BCUT2D eigenvalue weighted by Gasteiger charge is -2.17. The second kappa shape index (κ2) is 5.10. The third kappa shape index (κ3) is 2.55. The van der Waals surface area contributed by atoms with Crippen LogP contribution in [0.5, 0.6) is 0 Å². The first-order chi connectivity index (χ1) is 9.17. The van der Waals surface area contributed by atoms with E-state index in [0.29, 0.717) is 11.3 Å². The molecule has 1 aromatic heterocycles. The fraction of sp³-hybridized carbons (Fsp3) is 0.533. The molecule has 0 unspecified atom stereocenters. The Morgan fingerprint density at radius 1 is 1.42 bits per heavy atom. The van der Waals surface area contributed by atoms with Crippen molar-refractivity contribution in [2.45, 2.75) is 45.0 Å². The summed E-state index contributed by atoms with van der Waals surface area (Å²) < 4.78 is 3.40. The largest absolute Gasteiger partial charge is 0.326 e. The molecule has 0 spiro atoms. The molecule has 0 saturated heterocycles. The van der Waals surface area contributed by atoms with Crippen LogP contribution in [0.1, 0.15) is 38.4 Å². The summed E-state index contributed by atoms with van der Waals surface area (Å²) >= 11 is 9.58. The summed E-state index contributed by atoms with van der Waals surface area (Å²) in [4.78, 5) is 4.67. The first-order valence-corrected chi connectivity index (χ1v) is 8.21. The highest BCUT2D eigenvalue weighted by atomic mass is 79.9. The molecule has 1 saturated carbocycles. The lowest BCUT2D eigenvalue weighted by Crippen LogP contribution is -2.13. The average molecular weight is 342 g/mol. The van der Waals surface area contributed by atoms with Gasteiger partial charge in [-0.25, -0.2) is 4.98 Å². The number of rotatable bonds is 5. The molecule has 1 aromatic carbocycles. The van der Waals surface area contributed by atoms with Crippen LogP contribution < -0.4 is 0 Å². The van der Waals surface area contributed by atoms with Crippen molar-refractivity contribution < 1.29 is 0 Å². The van der Waals surface area contributed by atoms with Crippen LogP contribution in [0, 0.1) is 5.41 Å². The van der Waals surface area contributed by atoms with Crippen molar-refractivity contribution in [1.29, 1.82) is 0 Å². The summed E-state index contributed by atoms with van der Waals surface area (Å²) in [6.07, 6.45) is 5.26. The Morgan fingerprint density at radius 3 is 2.84 bits per heavy atom. The summed E-state index contributed by atoms with van der Waals surface area (Å²) in [5, 5.41) is 0. The zero-order valence-corrected chi connectivity index (χ0v) is 13.5. The summed E-state index contributed by atoms with van der Waals surface area (Å²) in [7, 11) is 0. The smallest absolute Gasteiger partial charge is 0.124 e. The first-order valence-electron chi connectivity index (χ1n) is 6.88. The van der Waals surface area contributed by atoms with E-state index in [2.05, 4.69) is 50.6 Å². The van der Waals surface area contributed by atoms with E-state index >= 15 is 0 Å². The highest BCUT2D eigenvalue weighted by molar-refractivity contribution is 9.10. The molecule has 2 nitrogen and oxygen atoms in total. The monoisotopic (exact) mass is 340 g/mol. The zero-order chi connectivity index (χ0) is 13.5. The molecule has 0 radical (unpaired) electrons. The average Bonchev–Trinajstić information content (AvgIpc) is 3.06. The SMILES string of the molecule is CCCC1(Cn2c(CCl)nc3cc(Br)ccc32)CC1. The number of hydrogen-bond donors (Lipinski definition) is 0. The maximum absolute atomic E-state index is 6.07. The van der Waals surface area contributed by atoms with Gasteiger partial charge in [-0.2, -0.15) is 0 Å². The number of halogens is 2. The minimum Gasteiger partial charge on any atom is -0.326 e. The summed E-state index contributed by atoms with van der Waals surface area (Å²) in [5.74, 6) is 1.48. The summed E-state index contributed by atoms with van der Waals surface area (Å²) in [6, 6.07) is 6.30. The Labute approximate surface area is 127 Å². The van der Waals surface area contributed by atoms with Crippen LogP contribution in [-0.2, 0) is 12.4 Å². The van der Waals surface area contributed by atoms with Gasteiger partial charge in [0.05, 0.1) is 16.9 Å². The quantitative estimate of drug-likeness (QED) is 0.690. The number of fused-ring (bicyclic) bond motifs is 1. The molecule has 1 aliphatic carbocycles. The first kappa shape index (κ1) is 13.4.